The molecule has 142 valence electrons. The molecule has 0 spiro atoms. The van der Waals surface area contributed by atoms with Gasteiger partial charge in [-0.15, -0.1) is 0 Å². The van der Waals surface area contributed by atoms with E-state index < -0.39 is 29.8 Å². The van der Waals surface area contributed by atoms with Crippen LogP contribution in [-0.4, -0.2) is 50.7 Å². The Bertz CT molecular complexity index is 893. The van der Waals surface area contributed by atoms with Crippen molar-refractivity contribution >= 4 is 11.8 Å². The van der Waals surface area contributed by atoms with Gasteiger partial charge in [0, 0.05) is 31.9 Å². The molecule has 1 aromatic heterocycles. The molecule has 0 fully saturated rings. The number of nitrogens with one attached hydrogen (secondary N) is 1. The van der Waals surface area contributed by atoms with Crippen molar-refractivity contribution in [1.82, 2.24) is 20.0 Å². The van der Waals surface area contributed by atoms with Gasteiger partial charge in [0.15, 0.2) is 6.10 Å². The first-order valence-electron chi connectivity index (χ1n) is 8.55. The molecule has 2 amide bonds. The van der Waals surface area contributed by atoms with Gasteiger partial charge < -0.3 is 15.3 Å². The number of aliphatic hydroxyl groups is 1. The second-order valence-electron chi connectivity index (χ2n) is 6.50. The summed E-state index contributed by atoms with van der Waals surface area (Å²) in [4.78, 5) is 26.4. The number of nitrogens with zero attached hydrogens (tertiary/aromatic N) is 3. The van der Waals surface area contributed by atoms with Crippen LogP contribution in [0.5, 0.6) is 0 Å². The molecule has 2 unspecified atom stereocenters. The number of hydrogen-bond donors (Lipinski definition) is 2. The zero-order valence-electron chi connectivity index (χ0n) is 15.1. The topological polar surface area (TPSA) is 87.5 Å². The maximum absolute atomic E-state index is 13.7. The highest BCUT2D eigenvalue weighted by atomic mass is 19.1. The van der Waals surface area contributed by atoms with Gasteiger partial charge in [-0.1, -0.05) is 18.2 Å². The molecule has 8 heteroatoms. The molecule has 27 heavy (non-hydrogen) atoms. The van der Waals surface area contributed by atoms with Gasteiger partial charge in [0.05, 0.1) is 11.7 Å². The number of aryl methyl sites for hydroxylation is 2. The van der Waals surface area contributed by atoms with E-state index in [9.17, 15) is 19.1 Å². The Labute approximate surface area is 156 Å². The molecule has 2 aromatic rings. The number of halogens is 1. The Hall–Kier alpha value is -3.00. The van der Waals surface area contributed by atoms with E-state index >= 15 is 0 Å². The zero-order valence-corrected chi connectivity index (χ0v) is 15.1. The molecular weight excluding hydrogens is 351 g/mol. The van der Waals surface area contributed by atoms with E-state index in [0.717, 1.165) is 0 Å². The summed E-state index contributed by atoms with van der Waals surface area (Å²) in [7, 11) is 1.64. The first kappa shape index (κ1) is 18.8. The largest absolute Gasteiger partial charge is 0.377 e. The van der Waals surface area contributed by atoms with E-state index in [0.29, 0.717) is 17.8 Å². The van der Waals surface area contributed by atoms with Crippen LogP contribution in [0.25, 0.3) is 0 Å². The molecule has 2 heterocycles. The van der Waals surface area contributed by atoms with Gasteiger partial charge in [0.2, 0.25) is 0 Å². The van der Waals surface area contributed by atoms with E-state index in [2.05, 4.69) is 10.4 Å². The van der Waals surface area contributed by atoms with Crippen molar-refractivity contribution in [3.63, 3.8) is 0 Å². The number of aromatic nitrogens is 2. The normalized spacial score (nSPS) is 17.6. The van der Waals surface area contributed by atoms with Gasteiger partial charge in [-0.3, -0.25) is 14.3 Å². The molecular formula is C19H21FN4O3. The lowest BCUT2D eigenvalue weighted by atomic mass is 10.1. The van der Waals surface area contributed by atoms with E-state index in [1.807, 2.05) is 0 Å². The molecule has 1 aliphatic heterocycles. The van der Waals surface area contributed by atoms with Crippen molar-refractivity contribution in [3.8, 4) is 0 Å². The third-order valence-corrected chi connectivity index (χ3v) is 4.55. The van der Waals surface area contributed by atoms with Crippen LogP contribution in [0.15, 0.2) is 42.6 Å². The quantitative estimate of drug-likeness (QED) is 0.787. The smallest absolute Gasteiger partial charge is 0.258 e. The first-order chi connectivity index (χ1) is 12.9. The Morgan fingerprint density at radius 2 is 2.15 bits per heavy atom. The lowest BCUT2D eigenvalue weighted by Gasteiger charge is -2.31. The van der Waals surface area contributed by atoms with Crippen LogP contribution in [0.1, 0.15) is 27.7 Å². The number of aliphatic hydroxyl groups excluding tert-OH is 1. The number of carbonyl (C=O) groups is 2. The van der Waals surface area contributed by atoms with Gasteiger partial charge >= 0.3 is 0 Å². The number of carbonyl (C=O) groups excluding carboxylic acids is 2. The average molecular weight is 372 g/mol. The highest BCUT2D eigenvalue weighted by Gasteiger charge is 2.29. The van der Waals surface area contributed by atoms with E-state index in [1.54, 1.807) is 44.3 Å². The van der Waals surface area contributed by atoms with Crippen LogP contribution >= 0.6 is 0 Å². The number of hydrogen-bond acceptors (Lipinski definition) is 4. The Kier molecular flexibility index (Phi) is 5.36. The fourth-order valence-corrected chi connectivity index (χ4v) is 2.94. The fraction of sp³-hybridized carbons (Fsp3) is 0.316. The molecule has 0 saturated heterocycles. The SMILES string of the molecule is Cc1ccc(C(=O)NC2C=CCN(C(=O)C(O)c3ccnn3C)C2)cc1F. The van der Waals surface area contributed by atoms with Gasteiger partial charge in [0.25, 0.3) is 11.8 Å². The third kappa shape index (κ3) is 4.06. The summed E-state index contributed by atoms with van der Waals surface area (Å²) in [5, 5.41) is 17.0. The minimum Gasteiger partial charge on any atom is -0.377 e. The van der Waals surface area contributed by atoms with Crippen LogP contribution in [-0.2, 0) is 11.8 Å². The molecule has 1 aromatic carbocycles. The summed E-state index contributed by atoms with van der Waals surface area (Å²) in [5.74, 6) is -1.34. The van der Waals surface area contributed by atoms with E-state index in [1.165, 1.54) is 21.8 Å². The molecule has 2 atom stereocenters. The molecule has 0 bridgehead atoms. The zero-order chi connectivity index (χ0) is 19.6. The van der Waals surface area contributed by atoms with E-state index in [-0.39, 0.29) is 12.1 Å². The van der Waals surface area contributed by atoms with Crippen molar-refractivity contribution in [2.45, 2.75) is 19.1 Å². The summed E-state index contributed by atoms with van der Waals surface area (Å²) in [5.41, 5.74) is 1.07. The number of rotatable bonds is 4. The Morgan fingerprint density at radius 3 is 2.81 bits per heavy atom. The minimum absolute atomic E-state index is 0.213. The second-order valence-corrected chi connectivity index (χ2v) is 6.50. The standard InChI is InChI=1S/C19H21FN4O3/c1-12-5-6-13(10-15(12)20)18(26)22-14-4-3-9-24(11-14)19(27)17(25)16-7-8-21-23(16)2/h3-8,10,14,17,25H,9,11H2,1-2H3,(H,22,26). The van der Waals surface area contributed by atoms with Gasteiger partial charge in [-0.25, -0.2) is 4.39 Å². The van der Waals surface area contributed by atoms with Crippen LogP contribution < -0.4 is 5.32 Å². The second kappa shape index (κ2) is 7.71. The molecule has 1 aliphatic rings. The lowest BCUT2D eigenvalue weighted by Crippen LogP contribution is -2.48. The predicted octanol–water partition coefficient (Wildman–Crippen LogP) is 1.10. The molecule has 0 radical (unpaired) electrons. The van der Waals surface area contributed by atoms with Crippen LogP contribution in [0.2, 0.25) is 0 Å². The Morgan fingerprint density at radius 1 is 1.37 bits per heavy atom. The summed E-state index contributed by atoms with van der Waals surface area (Å²) >= 11 is 0. The first-order valence-corrected chi connectivity index (χ1v) is 8.55. The maximum atomic E-state index is 13.7. The van der Waals surface area contributed by atoms with Crippen molar-refractivity contribution in [2.24, 2.45) is 7.05 Å². The van der Waals surface area contributed by atoms with Crippen LogP contribution in [0, 0.1) is 12.7 Å². The maximum Gasteiger partial charge on any atom is 0.258 e. The molecule has 7 nitrogen and oxygen atoms in total. The van der Waals surface area contributed by atoms with Crippen molar-refractivity contribution in [1.29, 1.82) is 0 Å². The predicted molar refractivity (Wildman–Crippen MR) is 96.3 cm³/mol. The monoisotopic (exact) mass is 372 g/mol. The van der Waals surface area contributed by atoms with Gasteiger partial charge in [-0.2, -0.15) is 5.10 Å². The minimum atomic E-state index is -1.33. The summed E-state index contributed by atoms with van der Waals surface area (Å²) in [6, 6.07) is 5.43. The highest BCUT2D eigenvalue weighted by molar-refractivity contribution is 5.94. The number of benzene rings is 1. The van der Waals surface area contributed by atoms with Crippen molar-refractivity contribution in [2.75, 3.05) is 13.1 Å². The van der Waals surface area contributed by atoms with Crippen LogP contribution in [0.4, 0.5) is 4.39 Å². The van der Waals surface area contributed by atoms with Gasteiger partial charge in [-0.05, 0) is 30.7 Å². The third-order valence-electron chi connectivity index (χ3n) is 4.55. The van der Waals surface area contributed by atoms with Crippen molar-refractivity contribution in [3.05, 3.63) is 65.3 Å². The Balaban J connectivity index is 1.65. The van der Waals surface area contributed by atoms with E-state index in [4.69, 9.17) is 0 Å². The summed E-state index contributed by atoms with van der Waals surface area (Å²) in [6.45, 7) is 2.17. The van der Waals surface area contributed by atoms with Crippen molar-refractivity contribution < 1.29 is 19.1 Å². The summed E-state index contributed by atoms with van der Waals surface area (Å²) < 4.78 is 15.1. The average Bonchev–Trinajstić information content (AvgIpc) is 3.08. The van der Waals surface area contributed by atoms with Crippen LogP contribution in [0.3, 0.4) is 0 Å². The molecule has 3 rings (SSSR count). The fourth-order valence-electron chi connectivity index (χ4n) is 2.94. The number of amides is 2. The summed E-state index contributed by atoms with van der Waals surface area (Å²) in [6.07, 6.45) is 3.71. The molecule has 2 N–H and O–H groups in total. The lowest BCUT2D eigenvalue weighted by molar-refractivity contribution is -0.140. The molecule has 0 aliphatic carbocycles. The van der Waals surface area contributed by atoms with Gasteiger partial charge in [0.1, 0.15) is 5.82 Å². The molecule has 0 saturated carbocycles. The highest BCUT2D eigenvalue weighted by Crippen LogP contribution is 2.17.